The van der Waals surface area contributed by atoms with Gasteiger partial charge in [0.15, 0.2) is 29.8 Å². The Morgan fingerprint density at radius 2 is 1.79 bits per heavy atom. The van der Waals surface area contributed by atoms with Crippen molar-refractivity contribution in [3.63, 3.8) is 0 Å². The normalized spacial score (nSPS) is 33.6. The quantitative estimate of drug-likeness (QED) is 0.0620. The van der Waals surface area contributed by atoms with Crippen LogP contribution in [0.2, 0.25) is 0 Å². The highest BCUT2D eigenvalue weighted by Crippen LogP contribution is 2.60. The van der Waals surface area contributed by atoms with E-state index in [9.17, 15) is 23.8 Å². The third-order valence-corrected chi connectivity index (χ3v) is 12.9. The summed E-state index contributed by atoms with van der Waals surface area (Å²) < 4.78 is 88.0. The fourth-order valence-electron chi connectivity index (χ4n) is 6.97. The van der Waals surface area contributed by atoms with Gasteiger partial charge in [-0.2, -0.15) is 0 Å². The Labute approximate surface area is 326 Å². The lowest BCUT2D eigenvalue weighted by atomic mass is 10.1. The minimum atomic E-state index is -4.45. The van der Waals surface area contributed by atoms with Gasteiger partial charge in [-0.3, -0.25) is 36.8 Å². The van der Waals surface area contributed by atoms with Gasteiger partial charge in [0, 0.05) is 12.7 Å². The van der Waals surface area contributed by atoms with E-state index in [0.717, 1.165) is 12.0 Å². The van der Waals surface area contributed by atoms with Gasteiger partial charge in [-0.1, -0.05) is 24.5 Å². The number of nitrogens with one attached hydrogen (secondary N) is 2. The summed E-state index contributed by atoms with van der Waals surface area (Å²) in [7, 11) is 0. The van der Waals surface area contributed by atoms with E-state index < -0.39 is 87.4 Å². The van der Waals surface area contributed by atoms with Gasteiger partial charge in [0.05, 0.1) is 44.6 Å². The molecule has 0 radical (unpaired) electrons. The van der Waals surface area contributed by atoms with Crippen molar-refractivity contribution in [2.24, 2.45) is 5.73 Å². The number of amides is 1. The van der Waals surface area contributed by atoms with Gasteiger partial charge in [0.2, 0.25) is 5.91 Å². The standard InChI is InChI=1S/C29H37FN10O12P2S2/c30-19-22-16(50-28(19)39-7-14-2-1-3-32-24-18(14)25(39)34-10-33-24)9-48-54(45,56)52-23-21(42)15(8-47-53(44,55)51-22)49-29(23)40-12-35-20-26(40)36-11-38(27(20)43)4-5-46-13-37-17(41)6-31/h7,10-12,15-16,19,21-23,28-29,42H,1-6,8-9,13,31H2,(H,37,41)(H,44,55)(H,45,56)(H,32,33,34)/t15-,16-,19?,21?,22?,23?,28-,29-,53-,54-/m1/s1. The molecule has 0 aromatic carbocycles. The van der Waals surface area contributed by atoms with Gasteiger partial charge in [-0.15, -0.1) is 0 Å². The number of thiol groups is 2. The van der Waals surface area contributed by atoms with Gasteiger partial charge in [-0.25, -0.2) is 33.5 Å². The number of hydrogen-bond donors (Lipinski definition) is 6. The molecule has 0 saturated carbocycles. The lowest BCUT2D eigenvalue weighted by Gasteiger charge is -2.26. The molecule has 304 valence electrons. The Balaban J connectivity index is 1.03. The Hall–Kier alpha value is -3.03. The van der Waals surface area contributed by atoms with Crippen molar-refractivity contribution < 1.29 is 55.7 Å². The summed E-state index contributed by atoms with van der Waals surface area (Å²) in [5.41, 5.74) is 5.88. The van der Waals surface area contributed by atoms with Crippen molar-refractivity contribution in [1.29, 1.82) is 0 Å². The highest BCUT2D eigenvalue weighted by atomic mass is 32.7. The van der Waals surface area contributed by atoms with Gasteiger partial charge < -0.3 is 40.3 Å². The molecule has 3 fully saturated rings. The molecule has 3 saturated heterocycles. The minimum absolute atomic E-state index is 0.0102. The number of fused-ring (bicyclic) bond motifs is 4. The average Bonchev–Trinajstić information content (AvgIpc) is 3.88. The van der Waals surface area contributed by atoms with E-state index in [2.05, 4.69) is 55.1 Å². The third-order valence-electron chi connectivity index (χ3n) is 9.63. The van der Waals surface area contributed by atoms with E-state index in [-0.39, 0.29) is 37.6 Å². The van der Waals surface area contributed by atoms with Crippen LogP contribution in [0.1, 0.15) is 24.4 Å². The van der Waals surface area contributed by atoms with Crippen LogP contribution >= 0.6 is 38.1 Å². The van der Waals surface area contributed by atoms with Crippen LogP contribution in [0.15, 0.2) is 30.0 Å². The monoisotopic (exact) mass is 862 g/mol. The second-order valence-electron chi connectivity index (χ2n) is 13.2. The van der Waals surface area contributed by atoms with Crippen molar-refractivity contribution in [3.05, 3.63) is 41.1 Å². The lowest BCUT2D eigenvalue weighted by Crippen LogP contribution is -2.35. The number of aliphatic hydroxyl groups excluding tert-OH is 1. The van der Waals surface area contributed by atoms with E-state index >= 15 is 4.39 Å². The number of aliphatic hydroxyl groups is 1. The number of ether oxygens (including phenoxy) is 3. The summed E-state index contributed by atoms with van der Waals surface area (Å²) in [4.78, 5) is 41.8. The Bertz CT molecular complexity index is 2290. The van der Waals surface area contributed by atoms with Crippen molar-refractivity contribution in [2.75, 3.05) is 45.0 Å². The van der Waals surface area contributed by atoms with Crippen LogP contribution < -0.4 is 21.9 Å². The van der Waals surface area contributed by atoms with Crippen molar-refractivity contribution in [1.82, 2.24) is 39.0 Å². The largest absolute Gasteiger partial charge is 0.387 e. The Kier molecular flexibility index (Phi) is 11.3. The van der Waals surface area contributed by atoms with Crippen LogP contribution in [0.3, 0.4) is 0 Å². The number of imidazole rings is 1. The number of rotatable bonds is 8. The molecule has 4 aromatic rings. The molecule has 4 unspecified atom stereocenters. The number of nitrogens with zero attached hydrogens (tertiary/aromatic N) is 7. The van der Waals surface area contributed by atoms with Crippen LogP contribution in [-0.4, -0.2) is 121 Å². The van der Waals surface area contributed by atoms with Crippen LogP contribution in [0.4, 0.5) is 10.2 Å². The number of carbonyl (C=O) groups is 1. The SMILES string of the molecule is NCC(=O)NCOCCn1cnc2c(ncn2[C@@H]2O[C@@H]3CO[P@@](=O)(S)OC4C(F)[C@H](n5cc6c7c(ncnc75)NCCC6)O[C@@H]4CO[P@@](=O)(S)OC2C3O)c1=O. The molecule has 0 aliphatic carbocycles. The number of alkyl halides is 1. The molecule has 10 atom stereocenters. The fourth-order valence-corrected chi connectivity index (χ4v) is 9.91. The number of halogens is 1. The molecule has 4 aliphatic rings. The highest BCUT2D eigenvalue weighted by Gasteiger charge is 2.54. The molecule has 56 heavy (non-hydrogen) atoms. The third kappa shape index (κ3) is 7.77. The van der Waals surface area contributed by atoms with Crippen LogP contribution in [0, 0.1) is 0 Å². The number of aryl methyl sites for hydroxylation is 1. The van der Waals surface area contributed by atoms with Gasteiger partial charge in [-0.05, 0) is 18.4 Å². The number of carbonyl (C=O) groups excluding carboxylic acids is 1. The fraction of sp³-hybridized carbons (Fsp3) is 0.586. The number of nitrogens with two attached hydrogens (primary N) is 1. The molecule has 0 spiro atoms. The van der Waals surface area contributed by atoms with Crippen LogP contribution in [0.5, 0.6) is 0 Å². The molecule has 27 heteroatoms. The Morgan fingerprint density at radius 1 is 1.04 bits per heavy atom. The first-order chi connectivity index (χ1) is 26.8. The zero-order chi connectivity index (χ0) is 39.4. The predicted octanol–water partition coefficient (Wildman–Crippen LogP) is 0.832. The van der Waals surface area contributed by atoms with Crippen molar-refractivity contribution in [2.45, 2.75) is 68.5 Å². The maximum Gasteiger partial charge on any atom is 0.386 e. The smallest absolute Gasteiger partial charge is 0.386 e. The first kappa shape index (κ1) is 39.8. The molecule has 2 bridgehead atoms. The summed E-state index contributed by atoms with van der Waals surface area (Å²) >= 11 is 8.24. The zero-order valence-electron chi connectivity index (χ0n) is 29.1. The zero-order valence-corrected chi connectivity index (χ0v) is 32.7. The topological polar surface area (TPSA) is 270 Å². The maximum atomic E-state index is 16.5. The van der Waals surface area contributed by atoms with Crippen LogP contribution in [-0.2, 0) is 59.2 Å². The van der Waals surface area contributed by atoms with Gasteiger partial charge >= 0.3 is 13.6 Å². The van der Waals surface area contributed by atoms with Crippen molar-refractivity contribution >= 4 is 72.0 Å². The summed E-state index contributed by atoms with van der Waals surface area (Å²) in [6.07, 6.45) is -5.14. The van der Waals surface area contributed by atoms with E-state index in [0.29, 0.717) is 29.8 Å². The summed E-state index contributed by atoms with van der Waals surface area (Å²) in [6.45, 7) is -9.64. The lowest BCUT2D eigenvalue weighted by molar-refractivity contribution is -0.121. The number of aromatic nitrogens is 7. The molecule has 8 heterocycles. The first-order valence-corrected chi connectivity index (χ1v) is 22.7. The van der Waals surface area contributed by atoms with E-state index in [1.54, 1.807) is 6.20 Å². The molecular formula is C29H37FN10O12P2S2. The van der Waals surface area contributed by atoms with E-state index in [1.165, 1.54) is 32.7 Å². The second-order valence-corrected chi connectivity index (χ2v) is 18.9. The van der Waals surface area contributed by atoms with Gasteiger partial charge in [0.1, 0.15) is 61.4 Å². The minimum Gasteiger partial charge on any atom is -0.387 e. The predicted molar refractivity (Wildman–Crippen MR) is 198 cm³/mol. The maximum absolute atomic E-state index is 16.5. The molecule has 5 N–H and O–H groups in total. The molecule has 4 aliphatic heterocycles. The van der Waals surface area contributed by atoms with Crippen molar-refractivity contribution in [3.8, 4) is 0 Å². The van der Waals surface area contributed by atoms with Gasteiger partial charge in [0.25, 0.3) is 5.56 Å². The average molecular weight is 863 g/mol. The molecule has 1 amide bonds. The highest BCUT2D eigenvalue weighted by molar-refractivity contribution is 8.44. The summed E-state index contributed by atoms with van der Waals surface area (Å²) in [5, 5.41) is 17.7. The number of anilines is 1. The summed E-state index contributed by atoms with van der Waals surface area (Å²) in [6, 6.07) is 0. The molecular weight excluding hydrogens is 825 g/mol. The molecule has 4 aromatic heterocycles. The molecule has 22 nitrogen and oxygen atoms in total. The van der Waals surface area contributed by atoms with Crippen LogP contribution in [0.25, 0.3) is 22.2 Å². The first-order valence-electron chi connectivity index (χ1n) is 17.3. The number of hydrogen-bond acceptors (Lipinski definition) is 18. The van der Waals surface area contributed by atoms with E-state index in [4.69, 9.17) is 38.0 Å². The molecule has 8 rings (SSSR count). The second kappa shape index (κ2) is 16.0. The Morgan fingerprint density at radius 3 is 2.57 bits per heavy atom. The van der Waals surface area contributed by atoms with E-state index in [1.807, 2.05) is 0 Å². The summed E-state index contributed by atoms with van der Waals surface area (Å²) in [5.74, 6) is 0.193.